The maximum absolute atomic E-state index is 16.5. The number of aromatic nitrogens is 3. The number of phenols is 1. The van der Waals surface area contributed by atoms with Gasteiger partial charge in [0.25, 0.3) is 0 Å². The van der Waals surface area contributed by atoms with Crippen molar-refractivity contribution in [3.8, 4) is 23.0 Å². The van der Waals surface area contributed by atoms with E-state index in [4.69, 9.17) is 9.47 Å². The van der Waals surface area contributed by atoms with E-state index in [9.17, 15) is 15.0 Å². The summed E-state index contributed by atoms with van der Waals surface area (Å²) in [5.74, 6) is -1.22. The second kappa shape index (κ2) is 11.6. The number of hydrogen-bond donors (Lipinski definition) is 3. The van der Waals surface area contributed by atoms with E-state index >= 15 is 8.78 Å². The fourth-order valence-electron chi connectivity index (χ4n) is 6.16. The predicted molar refractivity (Wildman–Crippen MR) is 160 cm³/mol. The molecule has 0 saturated carbocycles. The molecule has 0 spiro atoms. The van der Waals surface area contributed by atoms with Gasteiger partial charge in [0.1, 0.15) is 41.3 Å². The molecule has 0 radical (unpaired) electrons. The lowest BCUT2D eigenvalue weighted by Gasteiger charge is -2.37. The average molecular weight is 609 g/mol. The van der Waals surface area contributed by atoms with Crippen LogP contribution in [0.2, 0.25) is 0 Å². The molecule has 6 rings (SSSR count). The Labute approximate surface area is 252 Å². The van der Waals surface area contributed by atoms with Gasteiger partial charge in [-0.25, -0.2) is 13.6 Å². The number of alkyl carbamates (subject to hydrolysis) is 1. The number of piperidine rings is 1. The third-order valence-corrected chi connectivity index (χ3v) is 8.32. The summed E-state index contributed by atoms with van der Waals surface area (Å²) >= 11 is 0. The van der Waals surface area contributed by atoms with Crippen LogP contribution in [0.25, 0.3) is 32.9 Å². The van der Waals surface area contributed by atoms with Crippen molar-refractivity contribution in [1.82, 2.24) is 25.2 Å². The van der Waals surface area contributed by atoms with Crippen LogP contribution in [-0.2, 0) is 4.74 Å². The number of amides is 1. The third kappa shape index (κ3) is 5.76. The lowest BCUT2D eigenvalue weighted by atomic mass is 9.95. The highest BCUT2D eigenvalue weighted by atomic mass is 19.1. The molecule has 232 valence electrons. The Balaban J connectivity index is 1.41. The topological polar surface area (TPSA) is 133 Å². The van der Waals surface area contributed by atoms with Gasteiger partial charge in [0.15, 0.2) is 5.82 Å². The molecule has 44 heavy (non-hydrogen) atoms. The quantitative estimate of drug-likeness (QED) is 0.295. The fraction of sp³-hybridized carbons (Fsp3) is 0.419. The van der Waals surface area contributed by atoms with E-state index in [0.29, 0.717) is 48.9 Å². The summed E-state index contributed by atoms with van der Waals surface area (Å²) in [6, 6.07) is 6.88. The van der Waals surface area contributed by atoms with E-state index in [0.717, 1.165) is 0 Å². The summed E-state index contributed by atoms with van der Waals surface area (Å²) in [5.41, 5.74) is -1.17. The summed E-state index contributed by atoms with van der Waals surface area (Å²) in [5, 5.41) is 24.4. The first-order valence-corrected chi connectivity index (χ1v) is 14.5. The monoisotopic (exact) mass is 608 g/mol. The minimum Gasteiger partial charge on any atom is -0.508 e. The number of ether oxygens (including phenoxy) is 2. The molecular weight excluding hydrogens is 574 g/mol. The fourth-order valence-corrected chi connectivity index (χ4v) is 6.16. The molecule has 2 aromatic carbocycles. The first kappa shape index (κ1) is 29.7. The van der Waals surface area contributed by atoms with Crippen LogP contribution in [0.4, 0.5) is 19.4 Å². The van der Waals surface area contributed by atoms with E-state index in [-0.39, 0.29) is 59.2 Å². The number of aromatic hydroxyl groups is 1. The second-order valence-electron chi connectivity index (χ2n) is 11.8. The molecule has 2 aliphatic heterocycles. The Kier molecular flexibility index (Phi) is 7.84. The largest absolute Gasteiger partial charge is 0.508 e. The van der Waals surface area contributed by atoms with Crippen LogP contribution in [0.15, 0.2) is 36.5 Å². The summed E-state index contributed by atoms with van der Waals surface area (Å²) in [7, 11) is 3.39. The van der Waals surface area contributed by atoms with E-state index in [1.807, 2.05) is 16.8 Å². The van der Waals surface area contributed by atoms with Gasteiger partial charge in [-0.3, -0.25) is 9.88 Å². The zero-order valence-corrected chi connectivity index (χ0v) is 24.7. The van der Waals surface area contributed by atoms with E-state index < -0.39 is 23.3 Å². The van der Waals surface area contributed by atoms with Crippen LogP contribution in [0.5, 0.6) is 11.8 Å². The van der Waals surface area contributed by atoms with Crippen molar-refractivity contribution in [1.29, 1.82) is 0 Å². The number of pyridine rings is 1. The molecule has 4 heterocycles. The zero-order chi connectivity index (χ0) is 31.2. The van der Waals surface area contributed by atoms with Gasteiger partial charge >= 0.3 is 12.1 Å². The molecule has 1 amide bonds. The number of likely N-dealkylation sites (N-methyl/N-ethyl adjacent to an activating group) is 1. The Morgan fingerprint density at radius 1 is 1.25 bits per heavy atom. The first-order valence-electron chi connectivity index (χ1n) is 14.5. The first-order chi connectivity index (χ1) is 21.0. The van der Waals surface area contributed by atoms with Gasteiger partial charge in [-0.1, -0.05) is 12.1 Å². The molecule has 11 nitrogen and oxygen atoms in total. The molecule has 0 bridgehead atoms. The highest BCUT2D eigenvalue weighted by Gasteiger charge is 2.34. The Bertz CT molecular complexity index is 1740. The summed E-state index contributed by atoms with van der Waals surface area (Å²) in [6.45, 7) is 3.23. The van der Waals surface area contributed by atoms with Gasteiger partial charge < -0.3 is 29.9 Å². The number of rotatable bonds is 6. The molecule has 3 atom stereocenters. The van der Waals surface area contributed by atoms with Crippen molar-refractivity contribution in [2.24, 2.45) is 0 Å². The molecule has 13 heteroatoms. The van der Waals surface area contributed by atoms with Gasteiger partial charge in [-0.05, 0) is 50.4 Å². The van der Waals surface area contributed by atoms with Crippen molar-refractivity contribution in [2.75, 3.05) is 45.2 Å². The molecule has 4 aromatic rings. The van der Waals surface area contributed by atoms with Crippen molar-refractivity contribution < 1.29 is 33.3 Å². The molecule has 2 saturated heterocycles. The summed E-state index contributed by atoms with van der Waals surface area (Å²) < 4.78 is 42.9. The normalized spacial score (nSPS) is 22.5. The molecule has 2 aliphatic rings. The lowest BCUT2D eigenvalue weighted by molar-refractivity contribution is 0.0447. The molecule has 0 unspecified atom stereocenters. The van der Waals surface area contributed by atoms with Crippen molar-refractivity contribution in [3.63, 3.8) is 0 Å². The maximum atomic E-state index is 16.5. The molecule has 0 aliphatic carbocycles. The van der Waals surface area contributed by atoms with Crippen LogP contribution < -0.4 is 15.0 Å². The zero-order valence-electron chi connectivity index (χ0n) is 24.7. The van der Waals surface area contributed by atoms with Crippen molar-refractivity contribution in [3.05, 3.63) is 48.2 Å². The number of nitrogens with one attached hydrogen (secondary N) is 1. The van der Waals surface area contributed by atoms with Crippen LogP contribution in [0, 0.1) is 11.6 Å². The highest BCUT2D eigenvalue weighted by molar-refractivity contribution is 6.00. The minimum atomic E-state index is -0.979. The number of halogens is 2. The van der Waals surface area contributed by atoms with Gasteiger partial charge in [0.2, 0.25) is 0 Å². The van der Waals surface area contributed by atoms with E-state index in [1.54, 1.807) is 13.0 Å². The Hall–Kier alpha value is -4.36. The SMILES string of the molecule is CNC(=O)O[C@@H]1C[C@@H](COc2nc(N3CCC[C@](C)(O)C3)c3cnc(-c4cc(O)cc5cccc(F)c45)c(F)c3n2)N(C)C1. The standard InChI is InChI=1S/C31H34F2N6O5/c1-31(42)8-5-9-39(16-31)28-22-13-35-26(21-12-19(40)10-17-6-4-7-23(32)24(17)21)25(33)27(22)36-29(37-28)43-15-18-11-20(14-38(18)3)44-30(41)34-2/h4,6-7,10,12-13,18,20,40,42H,5,8-9,11,14-16H2,1-3H3,(H,34,41)/t18-,20+,31-/m0/s1. The lowest BCUT2D eigenvalue weighted by Crippen LogP contribution is -2.46. The van der Waals surface area contributed by atoms with Crippen LogP contribution in [0.1, 0.15) is 26.2 Å². The van der Waals surface area contributed by atoms with Gasteiger partial charge in [0.05, 0.1) is 11.0 Å². The van der Waals surface area contributed by atoms with Crippen molar-refractivity contribution >= 4 is 33.6 Å². The number of aliphatic hydroxyl groups is 1. The van der Waals surface area contributed by atoms with Crippen LogP contribution in [0.3, 0.4) is 0 Å². The molecular formula is C31H34F2N6O5. The molecule has 3 N–H and O–H groups in total. The number of anilines is 1. The number of carbonyl (C=O) groups is 1. The maximum Gasteiger partial charge on any atom is 0.407 e. The Morgan fingerprint density at radius 3 is 2.84 bits per heavy atom. The highest BCUT2D eigenvalue weighted by Crippen LogP contribution is 2.38. The van der Waals surface area contributed by atoms with E-state index in [1.165, 1.54) is 37.5 Å². The van der Waals surface area contributed by atoms with Gasteiger partial charge in [-0.2, -0.15) is 9.97 Å². The summed E-state index contributed by atoms with van der Waals surface area (Å²) in [4.78, 5) is 29.0. The number of benzene rings is 2. The third-order valence-electron chi connectivity index (χ3n) is 8.32. The number of β-amino-alcohol motifs (C(OH)–C–C–N with tert-alkyl or cyclic N) is 1. The number of hydrogen-bond acceptors (Lipinski definition) is 10. The van der Waals surface area contributed by atoms with E-state index in [2.05, 4.69) is 20.3 Å². The Morgan fingerprint density at radius 2 is 2.07 bits per heavy atom. The number of phenolic OH excluding ortho intramolecular Hbond substituents is 1. The number of nitrogens with zero attached hydrogens (tertiary/aromatic N) is 5. The van der Waals surface area contributed by atoms with Crippen LogP contribution in [-0.4, -0.2) is 94.2 Å². The van der Waals surface area contributed by atoms with Crippen molar-refractivity contribution in [2.45, 2.75) is 43.9 Å². The predicted octanol–water partition coefficient (Wildman–Crippen LogP) is 3.99. The minimum absolute atomic E-state index is 0.0789. The smallest absolute Gasteiger partial charge is 0.407 e. The number of likely N-dealkylation sites (tertiary alicyclic amines) is 1. The number of fused-ring (bicyclic) bond motifs is 2. The summed E-state index contributed by atoms with van der Waals surface area (Å²) in [6.07, 6.45) is 2.42. The van der Waals surface area contributed by atoms with Gasteiger partial charge in [-0.15, -0.1) is 0 Å². The molecule has 2 fully saturated rings. The van der Waals surface area contributed by atoms with Gasteiger partial charge in [0, 0.05) is 56.3 Å². The number of carbonyl (C=O) groups excluding carboxylic acids is 1. The average Bonchev–Trinajstić information content (AvgIpc) is 3.33. The second-order valence-corrected chi connectivity index (χ2v) is 11.8. The van der Waals surface area contributed by atoms with Crippen LogP contribution >= 0.6 is 0 Å². The molecule has 2 aromatic heterocycles.